The first-order chi connectivity index (χ1) is 12.6. The zero-order chi connectivity index (χ0) is 18.0. The van der Waals surface area contributed by atoms with Gasteiger partial charge in [0, 0.05) is 34.8 Å². The van der Waals surface area contributed by atoms with Crippen molar-refractivity contribution in [2.75, 3.05) is 0 Å². The molecule has 1 N–H and O–H groups in total. The van der Waals surface area contributed by atoms with Crippen LogP contribution in [0.2, 0.25) is 0 Å². The first kappa shape index (κ1) is 17.0. The summed E-state index contributed by atoms with van der Waals surface area (Å²) in [6.07, 6.45) is 6.29. The summed E-state index contributed by atoms with van der Waals surface area (Å²) in [6.45, 7) is 0.0919. The standard InChI is InChI=1S/C15H11N5O3S3/c21-26(22,14-5-10(8-24-14)13-1-2-18-23-13)19-6-11-9-25-15(20-11)12-7-16-3-4-17-12/h1-5,7-9,19H,6H2. The Labute approximate surface area is 156 Å². The molecule has 0 bridgehead atoms. The highest BCUT2D eigenvalue weighted by Crippen LogP contribution is 2.28. The zero-order valence-corrected chi connectivity index (χ0v) is 15.5. The Hall–Kier alpha value is -2.47. The van der Waals surface area contributed by atoms with E-state index in [2.05, 4.69) is 24.8 Å². The van der Waals surface area contributed by atoms with E-state index in [1.165, 1.54) is 17.5 Å². The predicted molar refractivity (Wildman–Crippen MR) is 97.0 cm³/mol. The average Bonchev–Trinajstić information content (AvgIpc) is 3.42. The molecule has 0 radical (unpaired) electrons. The second kappa shape index (κ2) is 7.03. The van der Waals surface area contributed by atoms with Gasteiger partial charge in [-0.1, -0.05) is 5.16 Å². The van der Waals surface area contributed by atoms with Crippen LogP contribution < -0.4 is 4.72 Å². The lowest BCUT2D eigenvalue weighted by molar-refractivity contribution is 0.432. The summed E-state index contributed by atoms with van der Waals surface area (Å²) < 4.78 is 32.7. The molecule has 0 spiro atoms. The lowest BCUT2D eigenvalue weighted by atomic mass is 10.3. The van der Waals surface area contributed by atoms with Crippen LogP contribution in [0, 0.1) is 0 Å². The van der Waals surface area contributed by atoms with Crippen molar-refractivity contribution in [3.05, 3.63) is 53.4 Å². The third-order valence-corrected chi connectivity index (χ3v) is 7.09. The number of hydrogen-bond donors (Lipinski definition) is 1. The Bertz CT molecular complexity index is 1100. The van der Waals surface area contributed by atoms with Gasteiger partial charge in [0.25, 0.3) is 0 Å². The van der Waals surface area contributed by atoms with Crippen LogP contribution in [0.4, 0.5) is 0 Å². The smallest absolute Gasteiger partial charge is 0.250 e. The molecule has 4 rings (SSSR count). The van der Waals surface area contributed by atoms with Gasteiger partial charge < -0.3 is 4.52 Å². The monoisotopic (exact) mass is 405 g/mol. The molecule has 4 heterocycles. The normalized spacial score (nSPS) is 11.7. The van der Waals surface area contributed by atoms with E-state index in [0.29, 0.717) is 27.7 Å². The number of thiophene rings is 1. The number of hydrogen-bond acceptors (Lipinski definition) is 9. The maximum absolute atomic E-state index is 12.5. The summed E-state index contributed by atoms with van der Waals surface area (Å²) in [6, 6.07) is 3.23. The molecule has 4 aromatic rings. The van der Waals surface area contributed by atoms with Crippen LogP contribution in [0.15, 0.2) is 56.4 Å². The van der Waals surface area contributed by atoms with Gasteiger partial charge in [-0.2, -0.15) is 0 Å². The van der Waals surface area contributed by atoms with Crippen LogP contribution in [0.1, 0.15) is 5.69 Å². The van der Waals surface area contributed by atoms with E-state index in [1.54, 1.807) is 41.5 Å². The summed E-state index contributed by atoms with van der Waals surface area (Å²) in [5.74, 6) is 0.524. The lowest BCUT2D eigenvalue weighted by Gasteiger charge is -2.02. The molecule has 0 aromatic carbocycles. The van der Waals surface area contributed by atoms with Crippen LogP contribution >= 0.6 is 22.7 Å². The third-order valence-electron chi connectivity index (χ3n) is 3.34. The largest absolute Gasteiger partial charge is 0.356 e. The van der Waals surface area contributed by atoms with Crippen molar-refractivity contribution < 1.29 is 12.9 Å². The molecule has 8 nitrogen and oxygen atoms in total. The highest BCUT2D eigenvalue weighted by molar-refractivity contribution is 7.91. The molecule has 0 aliphatic carbocycles. The number of nitrogens with one attached hydrogen (secondary N) is 1. The SMILES string of the molecule is O=S(=O)(NCc1csc(-c2cnccn2)n1)c1cc(-c2ccno2)cs1. The molecule has 11 heteroatoms. The fraction of sp³-hybridized carbons (Fsp3) is 0.0667. The summed E-state index contributed by atoms with van der Waals surface area (Å²) in [4.78, 5) is 12.6. The van der Waals surface area contributed by atoms with Crippen molar-refractivity contribution in [2.24, 2.45) is 0 Å². The minimum atomic E-state index is -3.64. The maximum atomic E-state index is 12.5. The lowest BCUT2D eigenvalue weighted by Crippen LogP contribution is -2.22. The van der Waals surface area contributed by atoms with Crippen LogP contribution in [0.25, 0.3) is 22.0 Å². The van der Waals surface area contributed by atoms with Gasteiger partial charge in [-0.15, -0.1) is 22.7 Å². The van der Waals surface area contributed by atoms with E-state index in [9.17, 15) is 8.42 Å². The Balaban J connectivity index is 1.47. The number of rotatable bonds is 6. The molecule has 0 saturated heterocycles. The van der Waals surface area contributed by atoms with Gasteiger partial charge in [-0.25, -0.2) is 18.1 Å². The minimum absolute atomic E-state index is 0.0919. The predicted octanol–water partition coefficient (Wildman–Crippen LogP) is 2.80. The van der Waals surface area contributed by atoms with E-state index in [0.717, 1.165) is 11.3 Å². The summed E-state index contributed by atoms with van der Waals surface area (Å²) in [7, 11) is -3.64. The molecule has 0 aliphatic heterocycles. The molecule has 132 valence electrons. The maximum Gasteiger partial charge on any atom is 0.250 e. The Morgan fingerprint density at radius 3 is 2.85 bits per heavy atom. The van der Waals surface area contributed by atoms with Crippen molar-refractivity contribution >= 4 is 32.7 Å². The van der Waals surface area contributed by atoms with Gasteiger partial charge in [0.05, 0.1) is 24.6 Å². The molecular weight excluding hydrogens is 394 g/mol. The van der Waals surface area contributed by atoms with Gasteiger partial charge in [0.15, 0.2) is 5.76 Å². The van der Waals surface area contributed by atoms with Crippen molar-refractivity contribution in [1.82, 2.24) is 24.8 Å². The fourth-order valence-electron chi connectivity index (χ4n) is 2.11. The summed E-state index contributed by atoms with van der Waals surface area (Å²) in [5.41, 5.74) is 1.94. The van der Waals surface area contributed by atoms with E-state index in [1.807, 2.05) is 0 Å². The molecule has 0 aliphatic rings. The van der Waals surface area contributed by atoms with Crippen molar-refractivity contribution in [2.45, 2.75) is 10.8 Å². The summed E-state index contributed by atoms with van der Waals surface area (Å²) in [5, 5.41) is 7.82. The van der Waals surface area contributed by atoms with E-state index < -0.39 is 10.0 Å². The Morgan fingerprint density at radius 1 is 1.15 bits per heavy atom. The number of nitrogens with zero attached hydrogens (tertiary/aromatic N) is 4. The van der Waals surface area contributed by atoms with Gasteiger partial charge >= 0.3 is 0 Å². The first-order valence-electron chi connectivity index (χ1n) is 7.32. The molecule has 4 aromatic heterocycles. The molecule has 0 saturated carbocycles. The van der Waals surface area contributed by atoms with E-state index in [-0.39, 0.29) is 10.8 Å². The van der Waals surface area contributed by atoms with Crippen LogP contribution in [-0.2, 0) is 16.6 Å². The van der Waals surface area contributed by atoms with Crippen LogP contribution in [0.3, 0.4) is 0 Å². The minimum Gasteiger partial charge on any atom is -0.356 e. The molecule has 0 fully saturated rings. The second-order valence-corrected chi connectivity index (χ2v) is 8.85. The van der Waals surface area contributed by atoms with Crippen molar-refractivity contribution in [3.8, 4) is 22.0 Å². The molecule has 0 atom stereocenters. The van der Waals surface area contributed by atoms with E-state index in [4.69, 9.17) is 4.52 Å². The van der Waals surface area contributed by atoms with E-state index >= 15 is 0 Å². The number of aromatic nitrogens is 4. The van der Waals surface area contributed by atoms with Gasteiger partial charge in [-0.05, 0) is 6.07 Å². The molecule has 26 heavy (non-hydrogen) atoms. The molecular formula is C15H11N5O3S3. The zero-order valence-electron chi connectivity index (χ0n) is 13.1. The third kappa shape index (κ3) is 3.55. The highest BCUT2D eigenvalue weighted by Gasteiger charge is 2.19. The van der Waals surface area contributed by atoms with Crippen molar-refractivity contribution in [1.29, 1.82) is 0 Å². The van der Waals surface area contributed by atoms with Gasteiger partial charge in [0.2, 0.25) is 10.0 Å². The van der Waals surface area contributed by atoms with Crippen LogP contribution in [0.5, 0.6) is 0 Å². The second-order valence-electron chi connectivity index (χ2n) is 5.09. The van der Waals surface area contributed by atoms with Gasteiger partial charge in [0.1, 0.15) is 14.9 Å². The molecule has 0 unspecified atom stereocenters. The number of sulfonamides is 1. The molecule has 0 amide bonds. The average molecular weight is 405 g/mol. The Morgan fingerprint density at radius 2 is 2.08 bits per heavy atom. The van der Waals surface area contributed by atoms with Gasteiger partial charge in [-0.3, -0.25) is 9.97 Å². The summed E-state index contributed by atoms with van der Waals surface area (Å²) >= 11 is 2.50. The quantitative estimate of drug-likeness (QED) is 0.525. The topological polar surface area (TPSA) is 111 Å². The highest BCUT2D eigenvalue weighted by atomic mass is 32.2. The van der Waals surface area contributed by atoms with Crippen molar-refractivity contribution in [3.63, 3.8) is 0 Å². The fourth-order valence-corrected chi connectivity index (χ4v) is 5.10. The number of thiazole rings is 1. The first-order valence-corrected chi connectivity index (χ1v) is 10.6. The Kier molecular flexibility index (Phi) is 4.59. The van der Waals surface area contributed by atoms with Crippen LogP contribution in [-0.4, -0.2) is 28.5 Å².